The van der Waals surface area contributed by atoms with Crippen LogP contribution in [0, 0.1) is 5.82 Å². The van der Waals surface area contributed by atoms with Gasteiger partial charge in [-0.25, -0.2) is 14.0 Å². The average Bonchev–Trinajstić information content (AvgIpc) is 2.96. The highest BCUT2D eigenvalue weighted by Crippen LogP contribution is 2.36. The van der Waals surface area contributed by atoms with E-state index >= 15 is 0 Å². The summed E-state index contributed by atoms with van der Waals surface area (Å²) < 4.78 is 24.9. The van der Waals surface area contributed by atoms with E-state index in [1.165, 1.54) is 26.4 Å². The van der Waals surface area contributed by atoms with Gasteiger partial charge in [0.2, 0.25) is 0 Å². The number of aromatic nitrogens is 1. The summed E-state index contributed by atoms with van der Waals surface area (Å²) in [5.41, 5.74) is 2.33. The Kier molecular flexibility index (Phi) is 5.41. The molecule has 132 valence electrons. The molecule has 0 aliphatic heterocycles. The zero-order valence-electron chi connectivity index (χ0n) is 14.7. The Balaban J connectivity index is 2.98. The molecular formula is C19H20FNO4. The first-order valence-corrected chi connectivity index (χ1v) is 7.72. The molecule has 1 heterocycles. The lowest BCUT2D eigenvalue weighted by molar-refractivity contribution is 0.0557. The van der Waals surface area contributed by atoms with Crippen LogP contribution in [0.2, 0.25) is 0 Å². The summed E-state index contributed by atoms with van der Waals surface area (Å²) in [7, 11) is 2.48. The normalized spacial score (nSPS) is 10.4. The maximum absolute atomic E-state index is 13.3. The summed E-state index contributed by atoms with van der Waals surface area (Å²) in [6.45, 7) is 8.00. The van der Waals surface area contributed by atoms with Crippen LogP contribution in [-0.2, 0) is 16.0 Å². The van der Waals surface area contributed by atoms with Gasteiger partial charge in [-0.15, -0.1) is 0 Å². The number of carbonyl (C=O) groups is 2. The fraction of sp³-hybridized carbons (Fsp3) is 0.263. The Hall–Kier alpha value is -2.89. The maximum atomic E-state index is 13.3. The first kappa shape index (κ1) is 18.4. The summed E-state index contributed by atoms with van der Waals surface area (Å²) in [4.78, 5) is 24.9. The lowest BCUT2D eigenvalue weighted by Crippen LogP contribution is -2.11. The largest absolute Gasteiger partial charge is 0.465 e. The number of ether oxygens (including phenoxy) is 2. The van der Waals surface area contributed by atoms with Crippen molar-refractivity contribution in [2.45, 2.75) is 20.4 Å². The number of nitrogens with zero attached hydrogens (tertiary/aromatic N) is 1. The Morgan fingerprint density at radius 3 is 2.04 bits per heavy atom. The molecule has 0 radical (unpaired) electrons. The Morgan fingerprint density at radius 2 is 1.60 bits per heavy atom. The molecule has 0 saturated carbocycles. The molecule has 1 aromatic carbocycles. The molecule has 0 N–H and O–H groups in total. The number of esters is 2. The number of methoxy groups -OCH3 is 2. The number of carbonyl (C=O) groups excluding carboxylic acids is 2. The number of allylic oxidation sites excluding steroid dienone is 1. The molecule has 1 aromatic heterocycles. The first-order valence-electron chi connectivity index (χ1n) is 7.72. The summed E-state index contributed by atoms with van der Waals surface area (Å²) in [6, 6.07) is 5.68. The highest BCUT2D eigenvalue weighted by Gasteiger charge is 2.32. The first-order chi connectivity index (χ1) is 11.9. The van der Waals surface area contributed by atoms with E-state index in [0.29, 0.717) is 29.1 Å². The molecule has 25 heavy (non-hydrogen) atoms. The smallest absolute Gasteiger partial charge is 0.340 e. The van der Waals surface area contributed by atoms with Crippen LogP contribution >= 0.6 is 0 Å². The third-order valence-electron chi connectivity index (χ3n) is 3.88. The van der Waals surface area contributed by atoms with E-state index in [2.05, 4.69) is 6.58 Å². The predicted octanol–water partition coefficient (Wildman–Crippen LogP) is 3.92. The van der Waals surface area contributed by atoms with Crippen LogP contribution in [0.1, 0.15) is 40.3 Å². The van der Waals surface area contributed by atoms with E-state index in [9.17, 15) is 14.0 Å². The summed E-state index contributed by atoms with van der Waals surface area (Å²) in [6.07, 6.45) is 0. The molecule has 0 bridgehead atoms. The van der Waals surface area contributed by atoms with Gasteiger partial charge in [0.1, 0.15) is 16.9 Å². The quantitative estimate of drug-likeness (QED) is 0.771. The van der Waals surface area contributed by atoms with E-state index in [0.717, 1.165) is 0 Å². The molecule has 0 atom stereocenters. The minimum atomic E-state index is -0.672. The van der Waals surface area contributed by atoms with Crippen molar-refractivity contribution in [2.24, 2.45) is 0 Å². The van der Waals surface area contributed by atoms with Crippen LogP contribution in [0.25, 0.3) is 16.8 Å². The predicted molar refractivity (Wildman–Crippen MR) is 92.9 cm³/mol. The second kappa shape index (κ2) is 7.34. The maximum Gasteiger partial charge on any atom is 0.340 e. The second-order valence-corrected chi connectivity index (χ2v) is 5.46. The number of rotatable bonds is 5. The van der Waals surface area contributed by atoms with Gasteiger partial charge in [-0.05, 0) is 49.2 Å². The van der Waals surface area contributed by atoms with E-state index in [1.807, 2.05) is 6.92 Å². The Morgan fingerprint density at radius 1 is 1.08 bits per heavy atom. The molecule has 0 aliphatic rings. The standard InChI is InChI=1S/C19H20FNO4/c1-6-21-16(11(2)3)14(18(22)24-4)15(19(23)25-5)17(21)12-7-9-13(20)10-8-12/h7-10H,2,6H2,1,3-5H3. The molecule has 2 rings (SSSR count). The zero-order valence-corrected chi connectivity index (χ0v) is 14.7. The number of hydrogen-bond donors (Lipinski definition) is 0. The molecule has 0 fully saturated rings. The van der Waals surface area contributed by atoms with Gasteiger partial charge < -0.3 is 14.0 Å². The van der Waals surface area contributed by atoms with Crippen molar-refractivity contribution in [3.8, 4) is 11.3 Å². The fourth-order valence-corrected chi connectivity index (χ4v) is 2.89. The van der Waals surface area contributed by atoms with Crippen molar-refractivity contribution in [1.82, 2.24) is 4.57 Å². The molecular weight excluding hydrogens is 325 g/mol. The van der Waals surface area contributed by atoms with Crippen LogP contribution in [0.15, 0.2) is 30.8 Å². The molecule has 0 unspecified atom stereocenters. The summed E-state index contributed by atoms with van der Waals surface area (Å²) >= 11 is 0. The van der Waals surface area contributed by atoms with Crippen molar-refractivity contribution in [2.75, 3.05) is 14.2 Å². The lowest BCUT2D eigenvalue weighted by atomic mass is 10.0. The minimum absolute atomic E-state index is 0.0841. The third-order valence-corrected chi connectivity index (χ3v) is 3.88. The molecule has 5 nitrogen and oxygen atoms in total. The van der Waals surface area contributed by atoms with Gasteiger partial charge in [-0.1, -0.05) is 6.58 Å². The van der Waals surface area contributed by atoms with Gasteiger partial charge in [-0.2, -0.15) is 0 Å². The van der Waals surface area contributed by atoms with Gasteiger partial charge in [-0.3, -0.25) is 0 Å². The SMILES string of the molecule is C=C(C)c1c(C(=O)OC)c(C(=O)OC)c(-c2ccc(F)cc2)n1CC. The van der Waals surface area contributed by atoms with E-state index in [-0.39, 0.29) is 11.1 Å². The monoisotopic (exact) mass is 345 g/mol. The van der Waals surface area contributed by atoms with Crippen molar-refractivity contribution >= 4 is 17.5 Å². The molecule has 0 spiro atoms. The molecule has 0 saturated heterocycles. The van der Waals surface area contributed by atoms with Crippen molar-refractivity contribution in [1.29, 1.82) is 0 Å². The van der Waals surface area contributed by atoms with Crippen LogP contribution in [-0.4, -0.2) is 30.7 Å². The summed E-state index contributed by atoms with van der Waals surface area (Å²) in [5, 5.41) is 0. The Bertz CT molecular complexity index is 834. The fourth-order valence-electron chi connectivity index (χ4n) is 2.89. The van der Waals surface area contributed by atoms with Gasteiger partial charge in [0.15, 0.2) is 0 Å². The van der Waals surface area contributed by atoms with Crippen molar-refractivity contribution in [3.63, 3.8) is 0 Å². The van der Waals surface area contributed by atoms with E-state index in [4.69, 9.17) is 9.47 Å². The lowest BCUT2D eigenvalue weighted by Gasteiger charge is -2.12. The minimum Gasteiger partial charge on any atom is -0.465 e. The van der Waals surface area contributed by atoms with Crippen molar-refractivity contribution < 1.29 is 23.5 Å². The number of benzene rings is 1. The van der Waals surface area contributed by atoms with E-state index < -0.39 is 17.8 Å². The highest BCUT2D eigenvalue weighted by molar-refractivity contribution is 6.10. The van der Waals surface area contributed by atoms with Crippen LogP contribution < -0.4 is 0 Å². The van der Waals surface area contributed by atoms with Crippen LogP contribution in [0.3, 0.4) is 0 Å². The van der Waals surface area contributed by atoms with Gasteiger partial charge in [0.05, 0.1) is 25.6 Å². The number of hydrogen-bond acceptors (Lipinski definition) is 4. The van der Waals surface area contributed by atoms with E-state index in [1.54, 1.807) is 23.6 Å². The zero-order chi connectivity index (χ0) is 18.7. The van der Waals surface area contributed by atoms with Gasteiger partial charge >= 0.3 is 11.9 Å². The molecule has 2 aromatic rings. The second-order valence-electron chi connectivity index (χ2n) is 5.46. The highest BCUT2D eigenvalue weighted by atomic mass is 19.1. The topological polar surface area (TPSA) is 57.5 Å². The summed E-state index contributed by atoms with van der Waals surface area (Å²) in [5.74, 6) is -1.73. The van der Waals surface area contributed by atoms with Gasteiger partial charge in [0.25, 0.3) is 0 Å². The van der Waals surface area contributed by atoms with Gasteiger partial charge in [0, 0.05) is 6.54 Å². The molecule has 0 aliphatic carbocycles. The van der Waals surface area contributed by atoms with Crippen molar-refractivity contribution in [3.05, 3.63) is 53.5 Å². The van der Waals surface area contributed by atoms with Crippen LogP contribution in [0.5, 0.6) is 0 Å². The average molecular weight is 345 g/mol. The van der Waals surface area contributed by atoms with Crippen LogP contribution in [0.4, 0.5) is 4.39 Å². The molecule has 0 amide bonds. The Labute approximate surface area is 145 Å². The molecule has 6 heteroatoms. The third kappa shape index (κ3) is 3.20. The number of halogens is 1.